The highest BCUT2D eigenvalue weighted by Gasteiger charge is 2.26. The van der Waals surface area contributed by atoms with Crippen molar-refractivity contribution in [2.45, 2.75) is 52.1 Å². The highest BCUT2D eigenvalue weighted by atomic mass is 15.2. The molecular formula is C18H28N2. The van der Waals surface area contributed by atoms with Crippen LogP contribution in [0.5, 0.6) is 0 Å². The van der Waals surface area contributed by atoms with Crippen LogP contribution in [0.25, 0.3) is 0 Å². The molecule has 110 valence electrons. The lowest BCUT2D eigenvalue weighted by molar-refractivity contribution is 0.312. The van der Waals surface area contributed by atoms with Gasteiger partial charge in [0.05, 0.1) is 0 Å². The van der Waals surface area contributed by atoms with Crippen molar-refractivity contribution in [2.24, 2.45) is 11.8 Å². The normalized spacial score (nSPS) is 23.4. The third-order valence-corrected chi connectivity index (χ3v) is 4.81. The summed E-state index contributed by atoms with van der Waals surface area (Å²) in [5.41, 5.74) is 2.94. The number of fused-ring (bicyclic) bond motifs is 1. The smallest absolute Gasteiger partial charge is 0.0412 e. The summed E-state index contributed by atoms with van der Waals surface area (Å²) >= 11 is 0. The average Bonchev–Trinajstić information content (AvgIpc) is 2.54. The van der Waals surface area contributed by atoms with Gasteiger partial charge in [0.1, 0.15) is 0 Å². The van der Waals surface area contributed by atoms with Gasteiger partial charge < -0.3 is 10.2 Å². The molecule has 1 N–H and O–H groups in total. The maximum atomic E-state index is 3.77. The van der Waals surface area contributed by atoms with Crippen molar-refractivity contribution >= 4 is 5.69 Å². The Morgan fingerprint density at radius 1 is 1.25 bits per heavy atom. The first-order chi connectivity index (χ1) is 9.72. The van der Waals surface area contributed by atoms with Crippen LogP contribution in [0.3, 0.4) is 0 Å². The number of hydrogen-bond donors (Lipinski definition) is 1. The second kappa shape index (κ2) is 6.17. The molecule has 1 fully saturated rings. The molecule has 1 aromatic rings. The number of nitrogens with zero attached hydrogens (tertiary/aromatic N) is 1. The molecule has 3 rings (SSSR count). The molecular weight excluding hydrogens is 244 g/mol. The first-order valence-electron chi connectivity index (χ1n) is 8.28. The summed E-state index contributed by atoms with van der Waals surface area (Å²) in [4.78, 5) is 2.66. The molecule has 1 saturated carbocycles. The van der Waals surface area contributed by atoms with Gasteiger partial charge in [-0.1, -0.05) is 38.5 Å². The van der Waals surface area contributed by atoms with Crippen molar-refractivity contribution in [1.29, 1.82) is 0 Å². The first-order valence-corrected chi connectivity index (χ1v) is 8.28. The summed E-state index contributed by atoms with van der Waals surface area (Å²) in [6, 6.07) is 9.59. The Morgan fingerprint density at radius 3 is 2.75 bits per heavy atom. The summed E-state index contributed by atoms with van der Waals surface area (Å²) in [6.07, 6.45) is 5.57. The molecule has 1 aliphatic carbocycles. The number of nitrogens with one attached hydrogen (secondary N) is 1. The molecule has 0 bridgehead atoms. The molecule has 1 atom stereocenters. The van der Waals surface area contributed by atoms with E-state index in [2.05, 4.69) is 48.3 Å². The molecule has 1 unspecified atom stereocenters. The third-order valence-electron chi connectivity index (χ3n) is 4.81. The molecule has 0 radical (unpaired) electrons. The van der Waals surface area contributed by atoms with E-state index < -0.39 is 0 Å². The Kier molecular flexibility index (Phi) is 4.30. The van der Waals surface area contributed by atoms with Gasteiger partial charge in [0, 0.05) is 31.4 Å². The van der Waals surface area contributed by atoms with E-state index in [-0.39, 0.29) is 0 Å². The zero-order valence-electron chi connectivity index (χ0n) is 12.9. The molecule has 0 saturated heterocycles. The lowest BCUT2D eigenvalue weighted by Crippen LogP contribution is -2.42. The Morgan fingerprint density at radius 2 is 2.05 bits per heavy atom. The number of para-hydroxylation sites is 1. The van der Waals surface area contributed by atoms with Gasteiger partial charge in [-0.05, 0) is 42.7 Å². The summed E-state index contributed by atoms with van der Waals surface area (Å²) in [5, 5.41) is 3.77. The minimum atomic E-state index is 0.627. The molecule has 20 heavy (non-hydrogen) atoms. The molecule has 2 nitrogen and oxygen atoms in total. The van der Waals surface area contributed by atoms with Crippen LogP contribution in [-0.4, -0.2) is 19.1 Å². The number of hydrogen-bond acceptors (Lipinski definition) is 2. The zero-order valence-corrected chi connectivity index (χ0v) is 12.9. The number of benzene rings is 1. The van der Waals surface area contributed by atoms with Gasteiger partial charge in [0.25, 0.3) is 0 Å². The quantitative estimate of drug-likeness (QED) is 0.896. The Hall–Kier alpha value is -1.02. The van der Waals surface area contributed by atoms with Crippen LogP contribution in [0.4, 0.5) is 5.69 Å². The van der Waals surface area contributed by atoms with E-state index in [9.17, 15) is 0 Å². The highest BCUT2D eigenvalue weighted by Crippen LogP contribution is 2.31. The van der Waals surface area contributed by atoms with E-state index in [1.54, 1.807) is 0 Å². The maximum Gasteiger partial charge on any atom is 0.0412 e. The van der Waals surface area contributed by atoms with Crippen molar-refractivity contribution in [3.63, 3.8) is 0 Å². The molecule has 0 amide bonds. The van der Waals surface area contributed by atoms with Crippen LogP contribution in [-0.2, 0) is 6.54 Å². The van der Waals surface area contributed by atoms with Crippen LogP contribution in [0.2, 0.25) is 0 Å². The second-order valence-corrected chi connectivity index (χ2v) is 7.04. The lowest BCUT2D eigenvalue weighted by Gasteiger charge is -2.35. The van der Waals surface area contributed by atoms with Gasteiger partial charge in [-0.15, -0.1) is 0 Å². The summed E-state index contributed by atoms with van der Waals surface area (Å²) in [7, 11) is 0. The minimum absolute atomic E-state index is 0.627. The van der Waals surface area contributed by atoms with Crippen molar-refractivity contribution in [1.82, 2.24) is 5.32 Å². The van der Waals surface area contributed by atoms with Crippen LogP contribution in [0, 0.1) is 11.8 Å². The SMILES string of the molecule is CC(C)CC1CN(CC2CCC2)c2ccccc2CN1. The van der Waals surface area contributed by atoms with Gasteiger partial charge in [-0.3, -0.25) is 0 Å². The Labute approximate surface area is 123 Å². The number of rotatable bonds is 4. The maximum absolute atomic E-state index is 3.77. The van der Waals surface area contributed by atoms with Crippen LogP contribution in [0.1, 0.15) is 45.1 Å². The topological polar surface area (TPSA) is 15.3 Å². The highest BCUT2D eigenvalue weighted by molar-refractivity contribution is 5.54. The van der Waals surface area contributed by atoms with E-state index in [1.807, 2.05) is 0 Å². The molecule has 0 aromatic heterocycles. The molecule has 1 aliphatic heterocycles. The monoisotopic (exact) mass is 272 g/mol. The lowest BCUT2D eigenvalue weighted by atomic mass is 9.85. The first kappa shape index (κ1) is 13.9. The van der Waals surface area contributed by atoms with E-state index in [4.69, 9.17) is 0 Å². The van der Waals surface area contributed by atoms with Crippen LogP contribution in [0.15, 0.2) is 24.3 Å². The fourth-order valence-corrected chi connectivity index (χ4v) is 3.54. The van der Waals surface area contributed by atoms with E-state index >= 15 is 0 Å². The second-order valence-electron chi connectivity index (χ2n) is 7.04. The Bertz CT molecular complexity index is 437. The van der Waals surface area contributed by atoms with Gasteiger partial charge in [-0.25, -0.2) is 0 Å². The van der Waals surface area contributed by atoms with E-state index in [0.717, 1.165) is 18.4 Å². The van der Waals surface area contributed by atoms with E-state index in [0.29, 0.717) is 6.04 Å². The third kappa shape index (κ3) is 3.17. The zero-order chi connectivity index (χ0) is 13.9. The number of anilines is 1. The largest absolute Gasteiger partial charge is 0.369 e. The van der Waals surface area contributed by atoms with Gasteiger partial charge in [0.15, 0.2) is 0 Å². The Balaban J connectivity index is 1.77. The standard InChI is InChI=1S/C18H28N2/c1-14(2)10-17-13-20(12-15-6-5-7-15)18-9-4-3-8-16(18)11-19-17/h3-4,8-9,14-15,17,19H,5-7,10-13H2,1-2H3. The van der Waals surface area contributed by atoms with Gasteiger partial charge in [0.2, 0.25) is 0 Å². The predicted octanol–water partition coefficient (Wildman–Crippen LogP) is 3.81. The molecule has 0 spiro atoms. The average molecular weight is 272 g/mol. The van der Waals surface area contributed by atoms with Crippen molar-refractivity contribution < 1.29 is 0 Å². The molecule has 2 heteroatoms. The summed E-state index contributed by atoms with van der Waals surface area (Å²) < 4.78 is 0. The fourth-order valence-electron chi connectivity index (χ4n) is 3.54. The molecule has 1 heterocycles. The minimum Gasteiger partial charge on any atom is -0.369 e. The predicted molar refractivity (Wildman–Crippen MR) is 86.1 cm³/mol. The van der Waals surface area contributed by atoms with Crippen molar-refractivity contribution in [3.05, 3.63) is 29.8 Å². The van der Waals surface area contributed by atoms with Gasteiger partial charge >= 0.3 is 0 Å². The van der Waals surface area contributed by atoms with Crippen molar-refractivity contribution in [3.8, 4) is 0 Å². The molecule has 1 aromatic carbocycles. The van der Waals surface area contributed by atoms with Crippen LogP contribution < -0.4 is 10.2 Å². The van der Waals surface area contributed by atoms with Crippen LogP contribution >= 0.6 is 0 Å². The van der Waals surface area contributed by atoms with Gasteiger partial charge in [-0.2, -0.15) is 0 Å². The summed E-state index contributed by atoms with van der Waals surface area (Å²) in [6.45, 7) is 8.11. The van der Waals surface area contributed by atoms with E-state index in [1.165, 1.54) is 50.0 Å². The van der Waals surface area contributed by atoms with Crippen molar-refractivity contribution in [2.75, 3.05) is 18.0 Å². The molecule has 2 aliphatic rings. The fraction of sp³-hybridized carbons (Fsp3) is 0.667. The summed E-state index contributed by atoms with van der Waals surface area (Å²) in [5.74, 6) is 1.69.